The van der Waals surface area contributed by atoms with E-state index < -0.39 is 17.5 Å². The van der Waals surface area contributed by atoms with E-state index >= 15 is 0 Å². The maximum absolute atomic E-state index is 12.3. The van der Waals surface area contributed by atoms with Gasteiger partial charge in [-0.3, -0.25) is 10.1 Å². The van der Waals surface area contributed by atoms with Crippen LogP contribution in [-0.2, 0) is 4.84 Å². The maximum atomic E-state index is 12.3. The minimum absolute atomic E-state index is 0.147. The Balaban J connectivity index is 2.13. The van der Waals surface area contributed by atoms with Crippen LogP contribution in [0.4, 0.5) is 14.5 Å². The van der Waals surface area contributed by atoms with Gasteiger partial charge < -0.3 is 15.3 Å². The number of alkyl halides is 2. The van der Waals surface area contributed by atoms with Crippen molar-refractivity contribution in [2.24, 2.45) is 10.9 Å². The number of carbonyl (C=O) groups is 1. The maximum Gasteiger partial charge on any atom is 0.387 e. The van der Waals surface area contributed by atoms with Crippen LogP contribution in [-0.4, -0.2) is 23.3 Å². The molecular weight excluding hydrogens is 340 g/mol. The number of ether oxygens (including phenoxy) is 1. The molecule has 2 rings (SSSR count). The largest absolute Gasteiger partial charge is 0.434 e. The van der Waals surface area contributed by atoms with Crippen LogP contribution < -0.4 is 10.5 Å². The fraction of sp³-hybridized carbons (Fsp3) is 0.0667. The molecule has 0 amide bonds. The van der Waals surface area contributed by atoms with Crippen molar-refractivity contribution in [1.82, 2.24) is 0 Å². The summed E-state index contributed by atoms with van der Waals surface area (Å²) in [5.74, 6) is -1.65. The summed E-state index contributed by atoms with van der Waals surface area (Å²) in [5, 5.41) is 14.0. The van der Waals surface area contributed by atoms with Crippen molar-refractivity contribution in [2.45, 2.75) is 6.61 Å². The van der Waals surface area contributed by atoms with Gasteiger partial charge in [0.15, 0.2) is 5.84 Å². The highest BCUT2D eigenvalue weighted by Gasteiger charge is 2.17. The third-order valence-electron chi connectivity index (χ3n) is 2.92. The van der Waals surface area contributed by atoms with Crippen molar-refractivity contribution in [1.29, 1.82) is 0 Å². The van der Waals surface area contributed by atoms with E-state index in [2.05, 4.69) is 14.7 Å². The molecule has 0 bridgehead atoms. The van der Waals surface area contributed by atoms with Crippen LogP contribution in [0.3, 0.4) is 0 Å². The van der Waals surface area contributed by atoms with Gasteiger partial charge in [-0.2, -0.15) is 8.78 Å². The summed E-state index contributed by atoms with van der Waals surface area (Å²) in [6, 6.07) is 10.3. The number of nitrogens with two attached hydrogens (primary N) is 1. The molecule has 0 saturated carbocycles. The molecule has 10 heteroatoms. The third kappa shape index (κ3) is 4.70. The zero-order valence-electron chi connectivity index (χ0n) is 12.5. The standard InChI is InChI=1S/C15H11F2N3O5/c16-15(17)24-12-4-2-1-3-11(12)14(21)25-19-13(18)9-5-7-10(8-6-9)20(22)23/h1-8,15H,(H2,18,19). The number of benzene rings is 2. The number of nitro benzene ring substituents is 1. The topological polar surface area (TPSA) is 117 Å². The number of oxime groups is 1. The Morgan fingerprint density at radius 3 is 2.40 bits per heavy atom. The molecule has 0 unspecified atom stereocenters. The number of non-ortho nitro benzene ring substituents is 1. The normalized spacial score (nSPS) is 11.2. The van der Waals surface area contributed by atoms with E-state index in [1.54, 1.807) is 0 Å². The monoisotopic (exact) mass is 351 g/mol. The highest BCUT2D eigenvalue weighted by Crippen LogP contribution is 2.21. The smallest absolute Gasteiger partial charge is 0.387 e. The number of amidine groups is 1. The first-order valence-electron chi connectivity index (χ1n) is 6.72. The van der Waals surface area contributed by atoms with Gasteiger partial charge in [-0.25, -0.2) is 4.79 Å². The Bertz CT molecular complexity index is 809. The molecule has 2 aromatic rings. The summed E-state index contributed by atoms with van der Waals surface area (Å²) >= 11 is 0. The van der Waals surface area contributed by atoms with E-state index in [-0.39, 0.29) is 28.4 Å². The molecule has 0 heterocycles. The molecule has 0 atom stereocenters. The molecule has 0 fully saturated rings. The predicted octanol–water partition coefficient (Wildman–Crippen LogP) is 2.67. The van der Waals surface area contributed by atoms with Gasteiger partial charge in [-0.05, 0) is 24.3 Å². The van der Waals surface area contributed by atoms with Crippen LogP contribution in [0.5, 0.6) is 5.75 Å². The molecule has 2 aromatic carbocycles. The molecule has 0 aromatic heterocycles. The lowest BCUT2D eigenvalue weighted by molar-refractivity contribution is -0.384. The van der Waals surface area contributed by atoms with Crippen molar-refractivity contribution in [2.75, 3.05) is 0 Å². The van der Waals surface area contributed by atoms with E-state index in [0.29, 0.717) is 0 Å². The fourth-order valence-corrected chi connectivity index (χ4v) is 1.78. The zero-order valence-corrected chi connectivity index (χ0v) is 12.5. The van der Waals surface area contributed by atoms with Crippen molar-refractivity contribution in [3.05, 3.63) is 69.8 Å². The molecule has 0 spiro atoms. The average molecular weight is 351 g/mol. The molecule has 0 radical (unpaired) electrons. The van der Waals surface area contributed by atoms with Crippen LogP contribution in [0.15, 0.2) is 53.7 Å². The van der Waals surface area contributed by atoms with Crippen LogP contribution in [0, 0.1) is 10.1 Å². The van der Waals surface area contributed by atoms with Gasteiger partial charge in [0.2, 0.25) is 0 Å². The quantitative estimate of drug-likeness (QED) is 0.281. The van der Waals surface area contributed by atoms with Gasteiger partial charge in [-0.15, -0.1) is 0 Å². The van der Waals surface area contributed by atoms with E-state index in [1.165, 1.54) is 48.5 Å². The lowest BCUT2D eigenvalue weighted by atomic mass is 10.2. The number of nitrogens with zero attached hydrogens (tertiary/aromatic N) is 2. The number of rotatable bonds is 6. The summed E-state index contributed by atoms with van der Waals surface area (Å²) in [4.78, 5) is 26.5. The van der Waals surface area contributed by atoms with Crippen molar-refractivity contribution in [3.8, 4) is 5.75 Å². The Kier molecular flexibility index (Phi) is 5.56. The lowest BCUT2D eigenvalue weighted by Crippen LogP contribution is -2.16. The van der Waals surface area contributed by atoms with Crippen LogP contribution >= 0.6 is 0 Å². The van der Waals surface area contributed by atoms with Crippen LogP contribution in [0.1, 0.15) is 15.9 Å². The van der Waals surface area contributed by atoms with E-state index in [0.717, 1.165) is 0 Å². The van der Waals surface area contributed by atoms with E-state index in [1.807, 2.05) is 0 Å². The van der Waals surface area contributed by atoms with Crippen molar-refractivity contribution < 1.29 is 28.1 Å². The number of hydrogen-bond donors (Lipinski definition) is 1. The fourth-order valence-electron chi connectivity index (χ4n) is 1.78. The second-order valence-corrected chi connectivity index (χ2v) is 4.53. The summed E-state index contributed by atoms with van der Waals surface area (Å²) in [6.45, 7) is -3.11. The van der Waals surface area contributed by atoms with Gasteiger partial charge in [0, 0.05) is 17.7 Å². The molecule has 0 saturated heterocycles. The number of halogens is 2. The SMILES string of the molecule is N/C(=N\OC(=O)c1ccccc1OC(F)F)c1ccc([N+](=O)[O-])cc1. The van der Waals surface area contributed by atoms with Gasteiger partial charge in [0.05, 0.1) is 4.92 Å². The first-order chi connectivity index (χ1) is 11.9. The zero-order chi connectivity index (χ0) is 18.4. The molecule has 0 aliphatic carbocycles. The van der Waals surface area contributed by atoms with Gasteiger partial charge in [0.25, 0.3) is 5.69 Å². The predicted molar refractivity (Wildman–Crippen MR) is 82.3 cm³/mol. The molecule has 2 N–H and O–H groups in total. The Hall–Kier alpha value is -3.56. The van der Waals surface area contributed by atoms with Gasteiger partial charge >= 0.3 is 12.6 Å². The molecule has 8 nitrogen and oxygen atoms in total. The molecule has 0 aliphatic rings. The third-order valence-corrected chi connectivity index (χ3v) is 2.92. The van der Waals surface area contributed by atoms with Crippen LogP contribution in [0.25, 0.3) is 0 Å². The van der Waals surface area contributed by atoms with E-state index in [4.69, 9.17) is 5.73 Å². The van der Waals surface area contributed by atoms with Gasteiger partial charge in [0.1, 0.15) is 11.3 Å². The Morgan fingerprint density at radius 2 is 1.80 bits per heavy atom. The Morgan fingerprint density at radius 1 is 1.16 bits per heavy atom. The summed E-state index contributed by atoms with van der Waals surface area (Å²) < 4.78 is 28.9. The van der Waals surface area contributed by atoms with Gasteiger partial charge in [-0.1, -0.05) is 17.3 Å². The molecular formula is C15H11F2N3O5. The minimum atomic E-state index is -3.11. The van der Waals surface area contributed by atoms with E-state index in [9.17, 15) is 23.7 Å². The first kappa shape index (κ1) is 17.8. The molecule has 25 heavy (non-hydrogen) atoms. The average Bonchev–Trinajstić information content (AvgIpc) is 2.59. The first-order valence-corrected chi connectivity index (χ1v) is 6.72. The summed E-state index contributed by atoms with van der Waals surface area (Å²) in [6.07, 6.45) is 0. The lowest BCUT2D eigenvalue weighted by Gasteiger charge is -2.08. The highest BCUT2D eigenvalue weighted by molar-refractivity contribution is 5.98. The Labute approximate surface area is 139 Å². The van der Waals surface area contributed by atoms with Crippen molar-refractivity contribution in [3.63, 3.8) is 0 Å². The number of carbonyl (C=O) groups excluding carboxylic acids is 1. The summed E-state index contributed by atoms with van der Waals surface area (Å²) in [7, 11) is 0. The number of nitro groups is 1. The highest BCUT2D eigenvalue weighted by atomic mass is 19.3. The summed E-state index contributed by atoms with van der Waals surface area (Å²) in [5.41, 5.74) is 5.48. The second-order valence-electron chi connectivity index (χ2n) is 4.53. The second kappa shape index (κ2) is 7.81. The molecule has 0 aliphatic heterocycles. The number of hydrogen-bond acceptors (Lipinski definition) is 6. The van der Waals surface area contributed by atoms with Crippen LogP contribution in [0.2, 0.25) is 0 Å². The van der Waals surface area contributed by atoms with Crippen molar-refractivity contribution >= 4 is 17.5 Å². The molecule has 130 valence electrons. The number of para-hydroxylation sites is 1. The minimum Gasteiger partial charge on any atom is -0.434 e.